The number of pyridine rings is 1. The van der Waals surface area contributed by atoms with Crippen LogP contribution in [0.15, 0.2) is 41.4 Å². The van der Waals surface area contributed by atoms with Crippen molar-refractivity contribution in [2.24, 2.45) is 5.92 Å². The molecule has 1 aromatic heterocycles. The Balaban J connectivity index is 2.33. The fraction of sp³-hybridized carbons (Fsp3) is 0.357. The number of nitrogens with one attached hydrogen (secondary N) is 1. The zero-order valence-electron chi connectivity index (χ0n) is 11.1. The number of hydrogen-bond donors (Lipinski definition) is 1. The maximum atomic E-state index is 12.3. The van der Waals surface area contributed by atoms with E-state index in [-0.39, 0.29) is 4.90 Å². The summed E-state index contributed by atoms with van der Waals surface area (Å²) in [5.41, 5.74) is 0.516. The molecule has 0 unspecified atom stereocenters. The van der Waals surface area contributed by atoms with Gasteiger partial charge in [-0.2, -0.15) is 0 Å². The highest BCUT2D eigenvalue weighted by atomic mass is 32.2. The minimum atomic E-state index is -3.50. The molecular weight excluding hydrogens is 260 g/mol. The lowest BCUT2D eigenvalue weighted by molar-refractivity contribution is 0.552. The second kappa shape index (κ2) is 5.67. The van der Waals surface area contributed by atoms with Crippen LogP contribution in [0.2, 0.25) is 0 Å². The summed E-state index contributed by atoms with van der Waals surface area (Å²) < 4.78 is 27.2. The molecule has 4 nitrogen and oxygen atoms in total. The van der Waals surface area contributed by atoms with Crippen LogP contribution in [0.25, 0.3) is 10.9 Å². The Bertz CT molecular complexity index is 661. The lowest BCUT2D eigenvalue weighted by atomic mass is 10.1. The molecule has 102 valence electrons. The summed E-state index contributed by atoms with van der Waals surface area (Å²) in [6, 6.07) is 8.84. The van der Waals surface area contributed by atoms with E-state index in [2.05, 4.69) is 23.6 Å². The molecule has 0 fully saturated rings. The average Bonchev–Trinajstić information content (AvgIpc) is 2.37. The molecule has 0 radical (unpaired) electrons. The van der Waals surface area contributed by atoms with E-state index in [0.717, 1.165) is 11.8 Å². The maximum absolute atomic E-state index is 12.3. The first kappa shape index (κ1) is 14.0. The van der Waals surface area contributed by atoms with Crippen LogP contribution in [0.5, 0.6) is 0 Å². The van der Waals surface area contributed by atoms with Crippen LogP contribution in [0, 0.1) is 5.92 Å². The van der Waals surface area contributed by atoms with Gasteiger partial charge < -0.3 is 0 Å². The van der Waals surface area contributed by atoms with Gasteiger partial charge in [0.15, 0.2) is 0 Å². The molecule has 0 atom stereocenters. The predicted molar refractivity (Wildman–Crippen MR) is 76.4 cm³/mol. The Morgan fingerprint density at radius 2 is 1.95 bits per heavy atom. The summed E-state index contributed by atoms with van der Waals surface area (Å²) >= 11 is 0. The SMILES string of the molecule is CC(C)CCNS(=O)(=O)c1cccc2cccnc12. The van der Waals surface area contributed by atoms with Gasteiger partial charge in [0, 0.05) is 18.1 Å². The number of benzene rings is 1. The number of sulfonamides is 1. The van der Waals surface area contributed by atoms with Crippen LogP contribution in [0.4, 0.5) is 0 Å². The molecule has 1 aromatic carbocycles. The largest absolute Gasteiger partial charge is 0.255 e. The fourth-order valence-electron chi connectivity index (χ4n) is 1.85. The van der Waals surface area contributed by atoms with E-state index in [1.807, 2.05) is 12.1 Å². The molecule has 1 N–H and O–H groups in total. The number of rotatable bonds is 5. The lowest BCUT2D eigenvalue weighted by Gasteiger charge is -2.09. The van der Waals surface area contributed by atoms with E-state index in [9.17, 15) is 8.42 Å². The van der Waals surface area contributed by atoms with Crippen LogP contribution in [0.3, 0.4) is 0 Å². The van der Waals surface area contributed by atoms with Gasteiger partial charge in [-0.25, -0.2) is 13.1 Å². The molecule has 2 aromatic rings. The summed E-state index contributed by atoms with van der Waals surface area (Å²) in [6.07, 6.45) is 2.42. The van der Waals surface area contributed by atoms with Crippen LogP contribution < -0.4 is 4.72 Å². The predicted octanol–water partition coefficient (Wildman–Crippen LogP) is 2.56. The first-order valence-electron chi connectivity index (χ1n) is 6.34. The monoisotopic (exact) mass is 278 g/mol. The van der Waals surface area contributed by atoms with Gasteiger partial charge in [-0.3, -0.25) is 4.98 Å². The van der Waals surface area contributed by atoms with Crippen molar-refractivity contribution in [2.75, 3.05) is 6.54 Å². The molecule has 0 amide bonds. The lowest BCUT2D eigenvalue weighted by Crippen LogP contribution is -2.26. The van der Waals surface area contributed by atoms with Gasteiger partial charge in [0.05, 0.1) is 5.52 Å². The Morgan fingerprint density at radius 3 is 2.68 bits per heavy atom. The van der Waals surface area contributed by atoms with Crippen molar-refractivity contribution in [1.82, 2.24) is 9.71 Å². The molecule has 0 aliphatic heterocycles. The molecule has 0 bridgehead atoms. The highest BCUT2D eigenvalue weighted by Gasteiger charge is 2.17. The van der Waals surface area contributed by atoms with Gasteiger partial charge in [0.1, 0.15) is 4.90 Å². The standard InChI is InChI=1S/C14H18N2O2S/c1-11(2)8-10-16-19(17,18)13-7-3-5-12-6-4-9-15-14(12)13/h3-7,9,11,16H,8,10H2,1-2H3. The molecule has 0 aliphatic rings. The van der Waals surface area contributed by atoms with Crippen LogP contribution in [0.1, 0.15) is 20.3 Å². The van der Waals surface area contributed by atoms with Gasteiger partial charge in [0.2, 0.25) is 10.0 Å². The molecule has 19 heavy (non-hydrogen) atoms. The normalized spacial score (nSPS) is 12.2. The quantitative estimate of drug-likeness (QED) is 0.914. The summed E-state index contributed by atoms with van der Waals surface area (Å²) in [5.74, 6) is 0.466. The highest BCUT2D eigenvalue weighted by molar-refractivity contribution is 7.89. The molecule has 0 spiro atoms. The van der Waals surface area contributed by atoms with E-state index >= 15 is 0 Å². The van der Waals surface area contributed by atoms with Crippen molar-refractivity contribution in [3.8, 4) is 0 Å². The molecular formula is C14H18N2O2S. The third kappa shape index (κ3) is 3.30. The van der Waals surface area contributed by atoms with Gasteiger partial charge in [-0.1, -0.05) is 32.0 Å². The zero-order chi connectivity index (χ0) is 13.9. The highest BCUT2D eigenvalue weighted by Crippen LogP contribution is 2.20. The maximum Gasteiger partial charge on any atom is 0.242 e. The summed E-state index contributed by atoms with van der Waals surface area (Å²) in [7, 11) is -3.50. The zero-order valence-corrected chi connectivity index (χ0v) is 11.9. The summed E-state index contributed by atoms with van der Waals surface area (Å²) in [5, 5.41) is 0.828. The Morgan fingerprint density at radius 1 is 1.21 bits per heavy atom. The molecule has 0 saturated carbocycles. The van der Waals surface area contributed by atoms with Gasteiger partial charge in [-0.05, 0) is 24.5 Å². The first-order valence-corrected chi connectivity index (χ1v) is 7.82. The Labute approximate surface area is 113 Å². The number of para-hydroxylation sites is 1. The van der Waals surface area contributed by atoms with Gasteiger partial charge in [0.25, 0.3) is 0 Å². The number of hydrogen-bond acceptors (Lipinski definition) is 3. The van der Waals surface area contributed by atoms with E-state index in [1.165, 1.54) is 0 Å². The van der Waals surface area contributed by atoms with E-state index in [0.29, 0.717) is 18.0 Å². The van der Waals surface area contributed by atoms with Crippen molar-refractivity contribution in [3.05, 3.63) is 36.5 Å². The third-order valence-corrected chi connectivity index (χ3v) is 4.39. The van der Waals surface area contributed by atoms with Crippen molar-refractivity contribution in [1.29, 1.82) is 0 Å². The molecule has 5 heteroatoms. The molecule has 1 heterocycles. The smallest absolute Gasteiger partial charge is 0.242 e. The van der Waals surface area contributed by atoms with E-state index in [4.69, 9.17) is 0 Å². The van der Waals surface area contributed by atoms with Crippen LogP contribution >= 0.6 is 0 Å². The van der Waals surface area contributed by atoms with Gasteiger partial charge >= 0.3 is 0 Å². The van der Waals surface area contributed by atoms with Crippen molar-refractivity contribution in [3.63, 3.8) is 0 Å². The van der Waals surface area contributed by atoms with Crippen molar-refractivity contribution in [2.45, 2.75) is 25.2 Å². The van der Waals surface area contributed by atoms with Crippen molar-refractivity contribution >= 4 is 20.9 Å². The second-order valence-electron chi connectivity index (χ2n) is 4.91. The Hall–Kier alpha value is -1.46. The van der Waals surface area contributed by atoms with Crippen molar-refractivity contribution < 1.29 is 8.42 Å². The number of aromatic nitrogens is 1. The summed E-state index contributed by atoms with van der Waals surface area (Å²) in [6.45, 7) is 4.57. The third-order valence-electron chi connectivity index (χ3n) is 2.90. The van der Waals surface area contributed by atoms with Crippen LogP contribution in [-0.2, 0) is 10.0 Å². The fourth-order valence-corrected chi connectivity index (χ4v) is 3.08. The van der Waals surface area contributed by atoms with Gasteiger partial charge in [-0.15, -0.1) is 0 Å². The molecule has 0 saturated heterocycles. The minimum Gasteiger partial charge on any atom is -0.255 e. The minimum absolute atomic E-state index is 0.245. The van der Waals surface area contributed by atoms with Crippen LogP contribution in [-0.4, -0.2) is 19.9 Å². The Kier molecular flexibility index (Phi) is 4.17. The molecule has 2 rings (SSSR count). The number of nitrogens with zero attached hydrogens (tertiary/aromatic N) is 1. The van der Waals surface area contributed by atoms with E-state index < -0.39 is 10.0 Å². The summed E-state index contributed by atoms with van der Waals surface area (Å²) in [4.78, 5) is 4.42. The molecule has 0 aliphatic carbocycles. The average molecular weight is 278 g/mol. The number of fused-ring (bicyclic) bond motifs is 1. The second-order valence-corrected chi connectivity index (χ2v) is 6.65. The topological polar surface area (TPSA) is 59.1 Å². The van der Waals surface area contributed by atoms with E-state index in [1.54, 1.807) is 24.4 Å². The first-order chi connectivity index (χ1) is 9.00.